The zero-order chi connectivity index (χ0) is 27.5. The lowest BCUT2D eigenvalue weighted by Crippen LogP contribution is -2.27. The molecule has 1 heterocycles. The van der Waals surface area contributed by atoms with Crippen LogP contribution in [0.1, 0.15) is 18.1 Å². The van der Waals surface area contributed by atoms with Crippen molar-refractivity contribution < 1.29 is 14.3 Å². The van der Waals surface area contributed by atoms with E-state index in [-0.39, 0.29) is 5.91 Å². The van der Waals surface area contributed by atoms with E-state index in [4.69, 9.17) is 21.7 Å². The molecular formula is C31H27IN2O3S2. The number of carbonyl (C=O) groups is 1. The summed E-state index contributed by atoms with van der Waals surface area (Å²) < 4.78 is 13.7. The molecule has 1 amide bonds. The number of halogens is 1. The quantitative estimate of drug-likeness (QED) is 0.108. The maximum absolute atomic E-state index is 13.3. The molecule has 5 rings (SSSR count). The molecule has 0 atom stereocenters. The van der Waals surface area contributed by atoms with Crippen LogP contribution < -0.4 is 19.3 Å². The van der Waals surface area contributed by atoms with Crippen molar-refractivity contribution in [2.75, 3.05) is 30.5 Å². The molecule has 0 saturated carbocycles. The van der Waals surface area contributed by atoms with Gasteiger partial charge in [0.25, 0.3) is 5.91 Å². The van der Waals surface area contributed by atoms with Gasteiger partial charge in [-0.3, -0.25) is 9.69 Å². The van der Waals surface area contributed by atoms with Crippen LogP contribution in [0.2, 0.25) is 0 Å². The lowest BCUT2D eigenvalue weighted by Gasteiger charge is -2.17. The first-order valence-corrected chi connectivity index (χ1v) is 14.8. The summed E-state index contributed by atoms with van der Waals surface area (Å²) in [6, 6.07) is 26.2. The average molecular weight is 667 g/mol. The van der Waals surface area contributed by atoms with Crippen LogP contribution in [0, 0.1) is 3.57 Å². The van der Waals surface area contributed by atoms with E-state index < -0.39 is 0 Å². The second-order valence-electron chi connectivity index (χ2n) is 9.12. The number of ether oxygens (including phenoxy) is 2. The fourth-order valence-electron chi connectivity index (χ4n) is 4.38. The monoisotopic (exact) mass is 666 g/mol. The van der Waals surface area contributed by atoms with E-state index in [0.717, 1.165) is 26.1 Å². The Bertz CT molecular complexity index is 1580. The van der Waals surface area contributed by atoms with Crippen molar-refractivity contribution in [1.29, 1.82) is 0 Å². The molecule has 198 valence electrons. The molecular weight excluding hydrogens is 639 g/mol. The summed E-state index contributed by atoms with van der Waals surface area (Å²) in [5, 5.41) is 2.35. The highest BCUT2D eigenvalue weighted by atomic mass is 127. The molecule has 0 bridgehead atoms. The topological polar surface area (TPSA) is 42.0 Å². The standard InChI is InChI=1S/C31H27IN2O3S2/c1-4-36-27-17-20(16-26(32)29(27)37-19-22-10-7-9-21-8-5-6-11-25(21)22)18-28-30(35)34(31(38)39-28)24-14-12-23(13-15-24)33(2)3/h5-18H,4,19H2,1-3H3/b28-18+. The summed E-state index contributed by atoms with van der Waals surface area (Å²) in [7, 11) is 3.96. The van der Waals surface area contributed by atoms with Gasteiger partial charge in [-0.15, -0.1) is 0 Å². The number of anilines is 2. The molecule has 8 heteroatoms. The van der Waals surface area contributed by atoms with Crippen molar-refractivity contribution in [1.82, 2.24) is 0 Å². The zero-order valence-electron chi connectivity index (χ0n) is 21.8. The first kappa shape index (κ1) is 27.5. The maximum Gasteiger partial charge on any atom is 0.270 e. The Hall–Kier alpha value is -3.08. The highest BCUT2D eigenvalue weighted by Crippen LogP contribution is 2.39. The van der Waals surface area contributed by atoms with Gasteiger partial charge in [-0.2, -0.15) is 0 Å². The lowest BCUT2D eigenvalue weighted by molar-refractivity contribution is -0.113. The van der Waals surface area contributed by atoms with E-state index in [9.17, 15) is 4.79 Å². The van der Waals surface area contributed by atoms with Gasteiger partial charge in [-0.05, 0) is 93.9 Å². The van der Waals surface area contributed by atoms with Crippen LogP contribution in [0.15, 0.2) is 83.8 Å². The van der Waals surface area contributed by atoms with Crippen LogP contribution >= 0.6 is 46.6 Å². The van der Waals surface area contributed by atoms with Crippen LogP contribution in [0.3, 0.4) is 0 Å². The second-order valence-corrected chi connectivity index (χ2v) is 12.0. The number of thiocarbonyl (C=S) groups is 1. The summed E-state index contributed by atoms with van der Waals surface area (Å²) in [4.78, 5) is 17.5. The molecule has 4 aromatic rings. The molecule has 1 fully saturated rings. The number of carbonyl (C=O) groups excluding carboxylic acids is 1. The van der Waals surface area contributed by atoms with Crippen molar-refractivity contribution in [3.63, 3.8) is 0 Å². The third-order valence-corrected chi connectivity index (χ3v) is 8.40. The van der Waals surface area contributed by atoms with E-state index in [1.54, 1.807) is 4.90 Å². The molecule has 1 aliphatic rings. The fraction of sp³-hybridized carbons (Fsp3) is 0.161. The average Bonchev–Trinajstić information content (AvgIpc) is 3.20. The molecule has 0 aromatic heterocycles. The summed E-state index contributed by atoms with van der Waals surface area (Å²) in [6.07, 6.45) is 1.87. The number of nitrogens with zero attached hydrogens (tertiary/aromatic N) is 2. The Labute approximate surface area is 251 Å². The summed E-state index contributed by atoms with van der Waals surface area (Å²) in [5.74, 6) is 1.20. The van der Waals surface area contributed by atoms with E-state index >= 15 is 0 Å². The molecule has 0 N–H and O–H groups in total. The van der Waals surface area contributed by atoms with Crippen molar-refractivity contribution in [2.24, 2.45) is 0 Å². The third kappa shape index (κ3) is 5.92. The number of amides is 1. The summed E-state index contributed by atoms with van der Waals surface area (Å²) in [5.41, 5.74) is 3.77. The smallest absolute Gasteiger partial charge is 0.270 e. The van der Waals surface area contributed by atoms with Gasteiger partial charge in [0.15, 0.2) is 15.8 Å². The Morgan fingerprint density at radius 2 is 1.74 bits per heavy atom. The molecule has 39 heavy (non-hydrogen) atoms. The van der Waals surface area contributed by atoms with Gasteiger partial charge in [-0.1, -0.05) is 66.4 Å². The van der Waals surface area contributed by atoms with Gasteiger partial charge >= 0.3 is 0 Å². The van der Waals surface area contributed by atoms with Crippen LogP contribution in [0.4, 0.5) is 11.4 Å². The minimum absolute atomic E-state index is 0.133. The van der Waals surface area contributed by atoms with Crippen LogP contribution in [-0.2, 0) is 11.4 Å². The maximum atomic E-state index is 13.3. The predicted molar refractivity (Wildman–Crippen MR) is 175 cm³/mol. The minimum atomic E-state index is -0.133. The predicted octanol–water partition coefficient (Wildman–Crippen LogP) is 7.89. The van der Waals surface area contributed by atoms with Crippen molar-refractivity contribution in [3.05, 3.63) is 98.5 Å². The number of hydrogen-bond donors (Lipinski definition) is 0. The molecule has 0 unspecified atom stereocenters. The van der Waals surface area contributed by atoms with Crippen LogP contribution in [-0.4, -0.2) is 30.9 Å². The van der Waals surface area contributed by atoms with Crippen LogP contribution in [0.5, 0.6) is 11.5 Å². The van der Waals surface area contributed by atoms with Gasteiger partial charge in [0, 0.05) is 19.8 Å². The number of hydrogen-bond acceptors (Lipinski definition) is 6. The number of thioether (sulfide) groups is 1. The van der Waals surface area contributed by atoms with Gasteiger partial charge in [-0.25, -0.2) is 0 Å². The normalized spacial score (nSPS) is 14.4. The van der Waals surface area contributed by atoms with Gasteiger partial charge in [0.05, 0.1) is 20.8 Å². The zero-order valence-corrected chi connectivity index (χ0v) is 25.6. The first-order valence-electron chi connectivity index (χ1n) is 12.5. The van der Waals surface area contributed by atoms with Gasteiger partial charge in [0.1, 0.15) is 6.61 Å². The molecule has 0 aliphatic carbocycles. The van der Waals surface area contributed by atoms with E-state index in [1.807, 2.05) is 86.6 Å². The van der Waals surface area contributed by atoms with E-state index in [0.29, 0.717) is 33.9 Å². The third-order valence-electron chi connectivity index (χ3n) is 6.30. The fourth-order valence-corrected chi connectivity index (χ4v) is 6.46. The van der Waals surface area contributed by atoms with Crippen molar-refractivity contribution in [3.8, 4) is 11.5 Å². The first-order chi connectivity index (χ1) is 18.9. The largest absolute Gasteiger partial charge is 0.490 e. The van der Waals surface area contributed by atoms with Gasteiger partial charge < -0.3 is 14.4 Å². The summed E-state index contributed by atoms with van der Waals surface area (Å²) in [6.45, 7) is 2.86. The Morgan fingerprint density at radius 3 is 2.49 bits per heavy atom. The Balaban J connectivity index is 1.40. The van der Waals surface area contributed by atoms with Crippen molar-refractivity contribution >= 4 is 85.0 Å². The molecule has 1 saturated heterocycles. The number of benzene rings is 4. The molecule has 4 aromatic carbocycles. The van der Waals surface area contributed by atoms with E-state index in [1.165, 1.54) is 22.5 Å². The highest BCUT2D eigenvalue weighted by molar-refractivity contribution is 14.1. The number of fused-ring (bicyclic) bond motifs is 1. The molecule has 5 nitrogen and oxygen atoms in total. The van der Waals surface area contributed by atoms with Gasteiger partial charge in [0.2, 0.25) is 0 Å². The number of rotatable bonds is 8. The van der Waals surface area contributed by atoms with Crippen LogP contribution in [0.25, 0.3) is 16.8 Å². The summed E-state index contributed by atoms with van der Waals surface area (Å²) >= 11 is 9.14. The van der Waals surface area contributed by atoms with Crippen molar-refractivity contribution in [2.45, 2.75) is 13.5 Å². The molecule has 0 spiro atoms. The minimum Gasteiger partial charge on any atom is -0.490 e. The Kier molecular flexibility index (Phi) is 8.44. The lowest BCUT2D eigenvalue weighted by atomic mass is 10.1. The van der Waals surface area contributed by atoms with E-state index in [2.05, 4.69) is 46.9 Å². The second kappa shape index (κ2) is 12.0. The molecule has 0 radical (unpaired) electrons. The molecule has 1 aliphatic heterocycles. The SMILES string of the molecule is CCOc1cc(/C=C2/SC(=S)N(c3ccc(N(C)C)cc3)C2=O)cc(I)c1OCc1cccc2ccccc12. The Morgan fingerprint density at radius 1 is 1.00 bits per heavy atom. The highest BCUT2D eigenvalue weighted by Gasteiger charge is 2.33.